The first-order chi connectivity index (χ1) is 26.2. The maximum absolute atomic E-state index is 6.95. The van der Waals surface area contributed by atoms with Gasteiger partial charge < -0.3 is 4.42 Å². The van der Waals surface area contributed by atoms with E-state index in [9.17, 15) is 0 Å². The van der Waals surface area contributed by atoms with Crippen LogP contribution in [-0.2, 0) is 6.42 Å². The number of benzene rings is 7. The van der Waals surface area contributed by atoms with E-state index in [0.717, 1.165) is 61.7 Å². The lowest BCUT2D eigenvalue weighted by molar-refractivity contribution is 0.671. The van der Waals surface area contributed by atoms with Crippen molar-refractivity contribution in [3.8, 4) is 56.4 Å². The Morgan fingerprint density at radius 3 is 1.70 bits per heavy atom. The molecule has 10 rings (SSSR count). The van der Waals surface area contributed by atoms with Gasteiger partial charge in [-0.25, -0.2) is 15.0 Å². The van der Waals surface area contributed by atoms with Crippen LogP contribution >= 0.6 is 11.3 Å². The number of nitrogens with zero attached hydrogens (tertiary/aromatic N) is 3. The minimum Gasteiger partial charge on any atom is -0.455 e. The molecule has 3 aromatic heterocycles. The Kier molecular flexibility index (Phi) is 7.52. The second-order valence-corrected chi connectivity index (χ2v) is 14.2. The molecule has 0 saturated heterocycles. The van der Waals surface area contributed by atoms with Crippen LogP contribution in [0.15, 0.2) is 175 Å². The Labute approximate surface area is 310 Å². The number of allylic oxidation sites excluding steroid dienone is 1. The van der Waals surface area contributed by atoms with E-state index in [1.807, 2.05) is 78.1 Å². The van der Waals surface area contributed by atoms with Crippen LogP contribution in [0.5, 0.6) is 0 Å². The minimum absolute atomic E-state index is 0.617. The number of aromatic nitrogens is 3. The van der Waals surface area contributed by atoms with Crippen molar-refractivity contribution < 1.29 is 4.42 Å². The van der Waals surface area contributed by atoms with Crippen molar-refractivity contribution in [2.45, 2.75) is 6.42 Å². The monoisotopic (exact) mass is 697 g/mol. The molecule has 0 spiro atoms. The molecule has 0 unspecified atom stereocenters. The Bertz CT molecular complexity index is 2940. The van der Waals surface area contributed by atoms with E-state index in [4.69, 9.17) is 19.4 Å². The summed E-state index contributed by atoms with van der Waals surface area (Å²) in [6.07, 6.45) is 2.82. The fourth-order valence-corrected chi connectivity index (χ4v) is 8.59. The van der Waals surface area contributed by atoms with Gasteiger partial charge in [0.15, 0.2) is 17.5 Å². The number of rotatable bonds is 7. The summed E-state index contributed by atoms with van der Waals surface area (Å²) >= 11 is 1.84. The van der Waals surface area contributed by atoms with Crippen LogP contribution in [0.2, 0.25) is 0 Å². The number of thiophene rings is 1. The fraction of sp³-hybridized carbons (Fsp3) is 0.0208. The first-order valence-electron chi connectivity index (χ1n) is 17.7. The number of hydrogen-bond donors (Lipinski definition) is 0. The molecule has 0 fully saturated rings. The topological polar surface area (TPSA) is 51.8 Å². The molecule has 0 N–H and O–H groups in total. The van der Waals surface area contributed by atoms with Crippen LogP contribution < -0.4 is 0 Å². The van der Waals surface area contributed by atoms with E-state index >= 15 is 0 Å². The van der Waals surface area contributed by atoms with Gasteiger partial charge in [-0.1, -0.05) is 146 Å². The number of fused-ring (bicyclic) bond motifs is 6. The Morgan fingerprint density at radius 1 is 0.472 bits per heavy atom. The minimum atomic E-state index is 0.617. The molecule has 250 valence electrons. The van der Waals surface area contributed by atoms with E-state index in [-0.39, 0.29) is 0 Å². The summed E-state index contributed by atoms with van der Waals surface area (Å²) in [4.78, 5) is 14.8. The molecular weight excluding hydrogens is 667 g/mol. The molecule has 0 saturated carbocycles. The van der Waals surface area contributed by atoms with Gasteiger partial charge in [-0.3, -0.25) is 0 Å². The number of hydrogen-bond acceptors (Lipinski definition) is 5. The highest BCUT2D eigenvalue weighted by Crippen LogP contribution is 2.45. The Morgan fingerprint density at radius 2 is 1.02 bits per heavy atom. The lowest BCUT2D eigenvalue weighted by Crippen LogP contribution is -2.00. The third-order valence-electron chi connectivity index (χ3n) is 9.89. The first kappa shape index (κ1) is 31.1. The summed E-state index contributed by atoms with van der Waals surface area (Å²) < 4.78 is 9.50. The quantitative estimate of drug-likeness (QED) is 0.156. The van der Waals surface area contributed by atoms with E-state index in [0.29, 0.717) is 17.5 Å². The molecule has 7 aromatic carbocycles. The van der Waals surface area contributed by atoms with Crippen LogP contribution in [0.3, 0.4) is 0 Å². The van der Waals surface area contributed by atoms with Crippen LogP contribution in [-0.4, -0.2) is 15.0 Å². The van der Waals surface area contributed by atoms with Crippen LogP contribution in [0.1, 0.15) is 5.56 Å². The summed E-state index contributed by atoms with van der Waals surface area (Å²) in [5, 5.41) is 4.73. The van der Waals surface area contributed by atoms with Crippen LogP contribution in [0.25, 0.3) is 98.5 Å². The SMILES string of the molecule is C=CCc1ccc2sc3c(-c4cccc5c4oc4c(-c6cccc(-c7nc(-c8ccccc8)nc(-c8ccccc8)n7)c6)cccc45)cccc3c2c1. The van der Waals surface area contributed by atoms with Gasteiger partial charge >= 0.3 is 0 Å². The summed E-state index contributed by atoms with van der Waals surface area (Å²) in [6.45, 7) is 3.94. The van der Waals surface area contributed by atoms with Crippen molar-refractivity contribution in [3.63, 3.8) is 0 Å². The predicted octanol–water partition coefficient (Wildman–Crippen LogP) is 13.2. The highest BCUT2D eigenvalue weighted by atomic mass is 32.1. The van der Waals surface area contributed by atoms with E-state index in [1.54, 1.807) is 0 Å². The Balaban J connectivity index is 1.11. The molecule has 0 bridgehead atoms. The van der Waals surface area contributed by atoms with Gasteiger partial charge in [0.2, 0.25) is 0 Å². The number of furan rings is 1. The largest absolute Gasteiger partial charge is 0.455 e. The maximum Gasteiger partial charge on any atom is 0.164 e. The van der Waals surface area contributed by atoms with Crippen LogP contribution in [0.4, 0.5) is 0 Å². The molecule has 0 aliphatic carbocycles. The third kappa shape index (κ3) is 5.41. The van der Waals surface area contributed by atoms with Gasteiger partial charge in [0.1, 0.15) is 11.2 Å². The average molecular weight is 698 g/mol. The van der Waals surface area contributed by atoms with E-state index in [2.05, 4.69) is 104 Å². The molecule has 10 aromatic rings. The summed E-state index contributed by atoms with van der Waals surface area (Å²) in [7, 11) is 0. The Hall–Kier alpha value is -6.69. The molecule has 0 atom stereocenters. The molecule has 5 heteroatoms. The van der Waals surface area contributed by atoms with Gasteiger partial charge in [-0.15, -0.1) is 17.9 Å². The molecule has 0 amide bonds. The van der Waals surface area contributed by atoms with Crippen molar-refractivity contribution in [1.29, 1.82) is 0 Å². The zero-order valence-corrected chi connectivity index (χ0v) is 29.5. The van der Waals surface area contributed by atoms with Crippen molar-refractivity contribution in [2.24, 2.45) is 0 Å². The molecule has 3 heterocycles. The zero-order chi connectivity index (χ0) is 35.3. The van der Waals surface area contributed by atoms with Gasteiger partial charge in [-0.2, -0.15) is 0 Å². The van der Waals surface area contributed by atoms with Gasteiger partial charge in [0, 0.05) is 64.3 Å². The smallest absolute Gasteiger partial charge is 0.164 e. The van der Waals surface area contributed by atoms with Crippen molar-refractivity contribution in [1.82, 2.24) is 15.0 Å². The maximum atomic E-state index is 6.95. The summed E-state index contributed by atoms with van der Waals surface area (Å²) in [6, 6.07) is 54.8. The summed E-state index contributed by atoms with van der Waals surface area (Å²) in [5.74, 6) is 1.89. The highest BCUT2D eigenvalue weighted by molar-refractivity contribution is 7.26. The average Bonchev–Trinajstić information content (AvgIpc) is 3.80. The fourth-order valence-electron chi connectivity index (χ4n) is 7.37. The first-order valence-corrected chi connectivity index (χ1v) is 18.5. The van der Waals surface area contributed by atoms with Crippen LogP contribution in [0, 0.1) is 0 Å². The molecule has 53 heavy (non-hydrogen) atoms. The second-order valence-electron chi connectivity index (χ2n) is 13.2. The third-order valence-corrected chi connectivity index (χ3v) is 11.1. The van der Waals surface area contributed by atoms with E-state index < -0.39 is 0 Å². The lowest BCUT2D eigenvalue weighted by Gasteiger charge is -2.10. The van der Waals surface area contributed by atoms with Gasteiger partial charge in [-0.05, 0) is 35.7 Å². The zero-order valence-electron chi connectivity index (χ0n) is 28.7. The number of para-hydroxylation sites is 2. The normalized spacial score (nSPS) is 11.5. The summed E-state index contributed by atoms with van der Waals surface area (Å²) in [5.41, 5.74) is 10.1. The van der Waals surface area contributed by atoms with Gasteiger partial charge in [0.25, 0.3) is 0 Å². The van der Waals surface area contributed by atoms with Crippen molar-refractivity contribution in [3.05, 3.63) is 176 Å². The molecule has 0 aliphatic heterocycles. The molecule has 0 radical (unpaired) electrons. The molecule has 4 nitrogen and oxygen atoms in total. The standard InChI is InChI=1S/C48H31N3OS/c1-2-13-30-26-27-42-41(28-30)40-25-12-24-39(45(40)53-42)38-23-11-22-37-36-21-10-20-35(43(36)52-44(37)38)33-18-9-19-34(29-33)48-50-46(31-14-5-3-6-15-31)49-47(51-48)32-16-7-4-8-17-32/h2-12,14-29H,1,13H2. The highest BCUT2D eigenvalue weighted by Gasteiger charge is 2.19. The molecule has 0 aliphatic rings. The second kappa shape index (κ2) is 12.8. The lowest BCUT2D eigenvalue weighted by atomic mass is 9.98. The molecular formula is C48H31N3OS. The van der Waals surface area contributed by atoms with Crippen molar-refractivity contribution in [2.75, 3.05) is 0 Å². The van der Waals surface area contributed by atoms with Crippen molar-refractivity contribution >= 4 is 53.4 Å². The van der Waals surface area contributed by atoms with E-state index in [1.165, 1.54) is 31.3 Å². The predicted molar refractivity (Wildman–Crippen MR) is 221 cm³/mol. The van der Waals surface area contributed by atoms with Gasteiger partial charge in [0.05, 0.1) is 0 Å².